The number of hydrogen-bond acceptors (Lipinski definition) is 5. The van der Waals surface area contributed by atoms with Crippen molar-refractivity contribution in [2.75, 3.05) is 32.8 Å². The summed E-state index contributed by atoms with van der Waals surface area (Å²) in [5.74, 6) is 0. The Balaban J connectivity index is 0.00000254. The number of pyridine rings is 1. The van der Waals surface area contributed by atoms with Gasteiger partial charge in [0, 0.05) is 37.2 Å². The lowest BCUT2D eigenvalue weighted by molar-refractivity contribution is 0.145. The number of hydrazone groups is 1. The standard InChI is InChI=1S/C17H28N4O.C2H6/c1-4-22-14-8-11-18-10-5-6-13-20-21-16(3)17-9-7-12-19-15(17)2;1-2/h5-7,9,12,18,20H,4,8,10-11,13-14H2,1-3H3;1-2H3/b6-5-,21-16+;. The lowest BCUT2D eigenvalue weighted by Gasteiger charge is -2.04. The highest BCUT2D eigenvalue weighted by Crippen LogP contribution is 2.04. The van der Waals surface area contributed by atoms with E-state index >= 15 is 0 Å². The molecule has 136 valence electrons. The van der Waals surface area contributed by atoms with Gasteiger partial charge in [-0.15, -0.1) is 0 Å². The van der Waals surface area contributed by atoms with Gasteiger partial charge in [-0.2, -0.15) is 5.10 Å². The van der Waals surface area contributed by atoms with E-state index in [4.69, 9.17) is 4.74 Å². The normalized spacial score (nSPS) is 11.3. The van der Waals surface area contributed by atoms with E-state index in [1.54, 1.807) is 6.20 Å². The van der Waals surface area contributed by atoms with Gasteiger partial charge >= 0.3 is 0 Å². The summed E-state index contributed by atoms with van der Waals surface area (Å²) in [6, 6.07) is 3.96. The van der Waals surface area contributed by atoms with Gasteiger partial charge in [-0.05, 0) is 45.9 Å². The Labute approximate surface area is 147 Å². The van der Waals surface area contributed by atoms with E-state index in [0.717, 1.165) is 56.2 Å². The first kappa shape index (κ1) is 22.3. The molecule has 1 aromatic rings. The van der Waals surface area contributed by atoms with E-state index in [1.807, 2.05) is 46.8 Å². The van der Waals surface area contributed by atoms with Crippen LogP contribution >= 0.6 is 0 Å². The first-order valence-electron chi connectivity index (χ1n) is 8.88. The number of rotatable bonds is 11. The van der Waals surface area contributed by atoms with Crippen molar-refractivity contribution in [3.63, 3.8) is 0 Å². The summed E-state index contributed by atoms with van der Waals surface area (Å²) in [6.45, 7) is 14.2. The molecule has 0 spiro atoms. The minimum atomic E-state index is 0.720. The molecular weight excluding hydrogens is 300 g/mol. The van der Waals surface area contributed by atoms with E-state index in [0.29, 0.717) is 0 Å². The van der Waals surface area contributed by atoms with Crippen molar-refractivity contribution in [1.29, 1.82) is 0 Å². The summed E-state index contributed by atoms with van der Waals surface area (Å²) in [5.41, 5.74) is 6.08. The van der Waals surface area contributed by atoms with Crippen LogP contribution in [0.4, 0.5) is 0 Å². The maximum absolute atomic E-state index is 5.27. The van der Waals surface area contributed by atoms with E-state index < -0.39 is 0 Å². The van der Waals surface area contributed by atoms with Crippen LogP contribution in [0.3, 0.4) is 0 Å². The second-order valence-electron chi connectivity index (χ2n) is 4.92. The molecule has 1 heterocycles. The highest BCUT2D eigenvalue weighted by atomic mass is 16.5. The van der Waals surface area contributed by atoms with Crippen molar-refractivity contribution in [2.24, 2.45) is 5.10 Å². The fourth-order valence-electron chi connectivity index (χ4n) is 1.94. The van der Waals surface area contributed by atoms with Crippen LogP contribution in [0.2, 0.25) is 0 Å². The lowest BCUT2D eigenvalue weighted by atomic mass is 10.1. The van der Waals surface area contributed by atoms with Crippen LogP contribution in [-0.2, 0) is 4.74 Å². The largest absolute Gasteiger partial charge is 0.382 e. The van der Waals surface area contributed by atoms with E-state index in [1.165, 1.54) is 0 Å². The number of nitrogens with one attached hydrogen (secondary N) is 2. The third kappa shape index (κ3) is 10.9. The van der Waals surface area contributed by atoms with Gasteiger partial charge in [0.2, 0.25) is 0 Å². The van der Waals surface area contributed by atoms with Crippen LogP contribution in [0.25, 0.3) is 0 Å². The first-order valence-corrected chi connectivity index (χ1v) is 8.88. The minimum Gasteiger partial charge on any atom is -0.382 e. The molecular formula is C19H34N4O. The first-order chi connectivity index (χ1) is 11.8. The Morgan fingerprint density at radius 1 is 1.29 bits per heavy atom. The second-order valence-corrected chi connectivity index (χ2v) is 4.92. The molecule has 0 radical (unpaired) electrons. The monoisotopic (exact) mass is 334 g/mol. The van der Waals surface area contributed by atoms with Crippen LogP contribution in [0.5, 0.6) is 0 Å². The molecule has 0 saturated heterocycles. The fourth-order valence-corrected chi connectivity index (χ4v) is 1.94. The minimum absolute atomic E-state index is 0.720. The molecule has 0 bridgehead atoms. The van der Waals surface area contributed by atoms with E-state index in [9.17, 15) is 0 Å². The van der Waals surface area contributed by atoms with E-state index in [-0.39, 0.29) is 0 Å². The number of aromatic nitrogens is 1. The van der Waals surface area contributed by atoms with E-state index in [2.05, 4.69) is 33.0 Å². The van der Waals surface area contributed by atoms with Gasteiger partial charge in [0.1, 0.15) is 0 Å². The maximum atomic E-state index is 5.27. The highest BCUT2D eigenvalue weighted by Gasteiger charge is 2.00. The second kappa shape index (κ2) is 16.1. The third-order valence-corrected chi connectivity index (χ3v) is 3.13. The van der Waals surface area contributed by atoms with Gasteiger partial charge in [-0.1, -0.05) is 26.0 Å². The number of aryl methyl sites for hydroxylation is 1. The molecule has 0 saturated carbocycles. The average Bonchev–Trinajstić information content (AvgIpc) is 2.61. The maximum Gasteiger partial charge on any atom is 0.0662 e. The Morgan fingerprint density at radius 2 is 2.04 bits per heavy atom. The number of hydrogen-bond donors (Lipinski definition) is 2. The SMILES string of the molecule is CC.CCOCCCNC/C=C\CN/N=C(\C)c1cccnc1C. The molecule has 5 heteroatoms. The van der Waals surface area contributed by atoms with Crippen LogP contribution in [-0.4, -0.2) is 43.5 Å². The topological polar surface area (TPSA) is 58.5 Å². The lowest BCUT2D eigenvalue weighted by Crippen LogP contribution is -2.17. The van der Waals surface area contributed by atoms with Gasteiger partial charge in [0.05, 0.1) is 12.3 Å². The van der Waals surface area contributed by atoms with Crippen LogP contribution in [0.1, 0.15) is 45.4 Å². The van der Waals surface area contributed by atoms with Crippen LogP contribution < -0.4 is 10.7 Å². The molecule has 0 aliphatic heterocycles. The summed E-state index contributed by atoms with van der Waals surface area (Å²) < 4.78 is 5.27. The zero-order chi connectivity index (χ0) is 18.0. The fraction of sp³-hybridized carbons (Fsp3) is 0.579. The van der Waals surface area contributed by atoms with Gasteiger partial charge in [0.25, 0.3) is 0 Å². The zero-order valence-electron chi connectivity index (χ0n) is 15.9. The highest BCUT2D eigenvalue weighted by molar-refractivity contribution is 5.99. The Kier molecular flexibility index (Phi) is 15.0. The Morgan fingerprint density at radius 3 is 2.75 bits per heavy atom. The van der Waals surface area contributed by atoms with Crippen molar-refractivity contribution in [1.82, 2.24) is 15.7 Å². The molecule has 2 N–H and O–H groups in total. The van der Waals surface area contributed by atoms with Crippen molar-refractivity contribution in [2.45, 2.75) is 41.0 Å². The summed E-state index contributed by atoms with van der Waals surface area (Å²) in [7, 11) is 0. The van der Waals surface area contributed by atoms with Gasteiger partial charge in [-0.3, -0.25) is 4.98 Å². The molecule has 24 heavy (non-hydrogen) atoms. The summed E-state index contributed by atoms with van der Waals surface area (Å²) >= 11 is 0. The molecule has 0 amide bonds. The van der Waals surface area contributed by atoms with Crippen LogP contribution in [0, 0.1) is 6.92 Å². The molecule has 0 aliphatic rings. The quantitative estimate of drug-likeness (QED) is 0.282. The molecule has 5 nitrogen and oxygen atoms in total. The van der Waals surface area contributed by atoms with Crippen molar-refractivity contribution in [3.05, 3.63) is 41.7 Å². The average molecular weight is 335 g/mol. The molecule has 0 unspecified atom stereocenters. The number of nitrogens with zero attached hydrogens (tertiary/aromatic N) is 2. The Hall–Kier alpha value is -1.72. The molecule has 0 aromatic carbocycles. The van der Waals surface area contributed by atoms with Gasteiger partial charge < -0.3 is 15.5 Å². The molecule has 0 aliphatic carbocycles. The number of ether oxygens (including phenoxy) is 1. The predicted molar refractivity (Wildman–Crippen MR) is 104 cm³/mol. The summed E-state index contributed by atoms with van der Waals surface area (Å²) in [6.07, 6.45) is 7.02. The van der Waals surface area contributed by atoms with Crippen molar-refractivity contribution >= 4 is 5.71 Å². The van der Waals surface area contributed by atoms with Gasteiger partial charge in [-0.25, -0.2) is 0 Å². The van der Waals surface area contributed by atoms with Crippen molar-refractivity contribution < 1.29 is 4.74 Å². The molecule has 1 rings (SSSR count). The third-order valence-electron chi connectivity index (χ3n) is 3.13. The summed E-state index contributed by atoms with van der Waals surface area (Å²) in [5, 5.41) is 7.70. The smallest absolute Gasteiger partial charge is 0.0662 e. The molecule has 0 atom stereocenters. The molecule has 1 aromatic heterocycles. The molecule has 0 fully saturated rings. The van der Waals surface area contributed by atoms with Crippen LogP contribution in [0.15, 0.2) is 35.6 Å². The summed E-state index contributed by atoms with van der Waals surface area (Å²) in [4.78, 5) is 4.27. The van der Waals surface area contributed by atoms with Gasteiger partial charge in [0.15, 0.2) is 0 Å². The van der Waals surface area contributed by atoms with Crippen molar-refractivity contribution in [3.8, 4) is 0 Å². The zero-order valence-corrected chi connectivity index (χ0v) is 15.9. The predicted octanol–water partition coefficient (Wildman–Crippen LogP) is 3.30. The Bertz CT molecular complexity index is 472.